The van der Waals surface area contributed by atoms with Crippen molar-refractivity contribution in [3.63, 3.8) is 0 Å². The summed E-state index contributed by atoms with van der Waals surface area (Å²) in [6.45, 7) is 9.72. The highest BCUT2D eigenvalue weighted by atomic mass is 16.5. The van der Waals surface area contributed by atoms with Gasteiger partial charge in [0.15, 0.2) is 0 Å². The molecule has 0 bridgehead atoms. The molecule has 0 aromatic heterocycles. The molecule has 0 amide bonds. The first-order chi connectivity index (χ1) is 8.04. The Kier molecular flexibility index (Phi) is 2.81. The lowest BCUT2D eigenvalue weighted by Gasteiger charge is -2.60. The molecule has 1 saturated heterocycles. The van der Waals surface area contributed by atoms with Gasteiger partial charge in [-0.05, 0) is 60.7 Å². The summed E-state index contributed by atoms with van der Waals surface area (Å²) >= 11 is 0. The largest absolute Gasteiger partial charge is 0.381 e. The molecule has 98 valence electrons. The van der Waals surface area contributed by atoms with Gasteiger partial charge in [0, 0.05) is 13.2 Å². The fraction of sp³-hybridized carbons (Fsp3) is 1.00. The lowest BCUT2D eigenvalue weighted by molar-refractivity contribution is -0.139. The number of fused-ring (bicyclic) bond motifs is 3. The van der Waals surface area contributed by atoms with Crippen molar-refractivity contribution in [3.8, 4) is 0 Å². The number of ether oxygens (including phenoxy) is 1. The van der Waals surface area contributed by atoms with Crippen LogP contribution in [0.15, 0.2) is 0 Å². The molecule has 3 rings (SSSR count). The summed E-state index contributed by atoms with van der Waals surface area (Å²) < 4.78 is 5.72. The van der Waals surface area contributed by atoms with Crippen LogP contribution >= 0.6 is 0 Å². The number of hydrogen-bond acceptors (Lipinski definition) is 1. The van der Waals surface area contributed by atoms with Gasteiger partial charge in [-0.3, -0.25) is 0 Å². The van der Waals surface area contributed by atoms with Crippen LogP contribution in [0, 0.1) is 28.6 Å². The van der Waals surface area contributed by atoms with Crippen LogP contribution in [-0.2, 0) is 4.74 Å². The van der Waals surface area contributed by atoms with Crippen molar-refractivity contribution in [3.05, 3.63) is 0 Å². The van der Waals surface area contributed by atoms with Crippen LogP contribution in [0.5, 0.6) is 0 Å². The van der Waals surface area contributed by atoms with E-state index < -0.39 is 0 Å². The average Bonchev–Trinajstić information content (AvgIpc) is 2.28. The second-order valence-electron chi connectivity index (χ2n) is 7.71. The highest BCUT2D eigenvalue weighted by molar-refractivity contribution is 5.03. The van der Waals surface area contributed by atoms with Crippen molar-refractivity contribution in [2.24, 2.45) is 28.6 Å². The molecule has 1 heterocycles. The van der Waals surface area contributed by atoms with Crippen molar-refractivity contribution in [2.75, 3.05) is 13.2 Å². The third-order valence-corrected chi connectivity index (χ3v) is 6.42. The van der Waals surface area contributed by atoms with Gasteiger partial charge in [-0.1, -0.05) is 27.2 Å². The summed E-state index contributed by atoms with van der Waals surface area (Å²) in [5, 5.41) is 0. The van der Waals surface area contributed by atoms with Gasteiger partial charge in [-0.25, -0.2) is 0 Å². The molecule has 0 N–H and O–H groups in total. The number of rotatable bonds is 0. The zero-order chi connectivity index (χ0) is 12.1. The molecule has 0 aromatic carbocycles. The van der Waals surface area contributed by atoms with Gasteiger partial charge >= 0.3 is 0 Å². The summed E-state index contributed by atoms with van der Waals surface area (Å²) in [4.78, 5) is 0. The highest BCUT2D eigenvalue weighted by Gasteiger charge is 2.54. The first-order valence-electron chi connectivity index (χ1n) is 7.62. The SMILES string of the molecule is CC1(C)CCC[C@]2(C)[C@H]3CCOC[C@@H]3CC[C@@H]12. The van der Waals surface area contributed by atoms with Crippen molar-refractivity contribution in [2.45, 2.75) is 59.3 Å². The van der Waals surface area contributed by atoms with Crippen LogP contribution in [0.25, 0.3) is 0 Å². The minimum absolute atomic E-state index is 0.580. The Morgan fingerprint density at radius 3 is 2.65 bits per heavy atom. The minimum atomic E-state index is 0.580. The molecular formula is C16H28O. The third-order valence-electron chi connectivity index (χ3n) is 6.42. The summed E-state index contributed by atoms with van der Waals surface area (Å²) in [5.74, 6) is 2.79. The quantitative estimate of drug-likeness (QED) is 0.610. The van der Waals surface area contributed by atoms with Crippen LogP contribution in [0.4, 0.5) is 0 Å². The van der Waals surface area contributed by atoms with Gasteiger partial charge in [0.2, 0.25) is 0 Å². The van der Waals surface area contributed by atoms with Crippen LogP contribution in [0.1, 0.15) is 59.3 Å². The topological polar surface area (TPSA) is 9.23 Å². The Morgan fingerprint density at radius 1 is 1.00 bits per heavy atom. The summed E-state index contributed by atoms with van der Waals surface area (Å²) in [5.41, 5.74) is 1.20. The van der Waals surface area contributed by atoms with E-state index in [1.54, 1.807) is 0 Å². The van der Waals surface area contributed by atoms with E-state index in [1.165, 1.54) is 38.5 Å². The van der Waals surface area contributed by atoms with Crippen LogP contribution < -0.4 is 0 Å². The maximum absolute atomic E-state index is 5.72. The molecule has 0 aromatic rings. The highest BCUT2D eigenvalue weighted by Crippen LogP contribution is 2.62. The maximum atomic E-state index is 5.72. The Bertz CT molecular complexity index is 296. The molecule has 1 nitrogen and oxygen atoms in total. The van der Waals surface area contributed by atoms with Crippen molar-refractivity contribution in [1.29, 1.82) is 0 Å². The first-order valence-corrected chi connectivity index (χ1v) is 7.62. The number of hydrogen-bond donors (Lipinski definition) is 0. The first kappa shape index (κ1) is 12.0. The molecule has 1 heteroatoms. The Hall–Kier alpha value is -0.0400. The van der Waals surface area contributed by atoms with E-state index in [9.17, 15) is 0 Å². The smallest absolute Gasteiger partial charge is 0.0497 e. The van der Waals surface area contributed by atoms with Gasteiger partial charge in [0.25, 0.3) is 0 Å². The van der Waals surface area contributed by atoms with Gasteiger partial charge in [-0.15, -0.1) is 0 Å². The van der Waals surface area contributed by atoms with E-state index >= 15 is 0 Å². The zero-order valence-electron chi connectivity index (χ0n) is 11.8. The molecule has 0 unspecified atom stereocenters. The van der Waals surface area contributed by atoms with E-state index in [-0.39, 0.29) is 0 Å². The molecule has 0 spiro atoms. The third kappa shape index (κ3) is 1.77. The van der Waals surface area contributed by atoms with Crippen LogP contribution in [0.2, 0.25) is 0 Å². The lowest BCUT2D eigenvalue weighted by Crippen LogP contribution is -2.53. The van der Waals surface area contributed by atoms with Crippen LogP contribution in [-0.4, -0.2) is 13.2 Å². The molecule has 17 heavy (non-hydrogen) atoms. The van der Waals surface area contributed by atoms with Gasteiger partial charge in [0.05, 0.1) is 0 Å². The molecule has 3 aliphatic rings. The fourth-order valence-corrected chi connectivity index (χ4v) is 5.66. The molecule has 2 aliphatic carbocycles. The van der Waals surface area contributed by atoms with Gasteiger partial charge in [0.1, 0.15) is 0 Å². The van der Waals surface area contributed by atoms with Crippen molar-refractivity contribution < 1.29 is 4.74 Å². The molecule has 3 fully saturated rings. The van der Waals surface area contributed by atoms with E-state index in [0.717, 1.165) is 31.0 Å². The average molecular weight is 236 g/mol. The maximum Gasteiger partial charge on any atom is 0.0497 e. The second kappa shape index (κ2) is 3.98. The van der Waals surface area contributed by atoms with E-state index in [1.807, 2.05) is 0 Å². The monoisotopic (exact) mass is 236 g/mol. The minimum Gasteiger partial charge on any atom is -0.381 e. The van der Waals surface area contributed by atoms with E-state index in [0.29, 0.717) is 10.8 Å². The van der Waals surface area contributed by atoms with Crippen molar-refractivity contribution in [1.82, 2.24) is 0 Å². The zero-order valence-corrected chi connectivity index (χ0v) is 11.8. The van der Waals surface area contributed by atoms with Gasteiger partial charge in [-0.2, -0.15) is 0 Å². The Morgan fingerprint density at radius 2 is 1.82 bits per heavy atom. The molecule has 1 aliphatic heterocycles. The van der Waals surface area contributed by atoms with Gasteiger partial charge < -0.3 is 4.74 Å². The second-order valence-corrected chi connectivity index (χ2v) is 7.71. The summed E-state index contributed by atoms with van der Waals surface area (Å²) in [7, 11) is 0. The standard InChI is InChI=1S/C16H28O/c1-15(2)8-4-9-16(3)13-7-10-17-11-12(13)5-6-14(15)16/h12-14H,4-11H2,1-3H3/t12-,13-,14-,16+/m0/s1. The van der Waals surface area contributed by atoms with E-state index in [2.05, 4.69) is 20.8 Å². The molecule has 4 atom stereocenters. The molecule has 0 radical (unpaired) electrons. The predicted octanol–water partition coefficient (Wildman–Crippen LogP) is 4.27. The normalized spacial score (nSPS) is 49.2. The molecular weight excluding hydrogens is 208 g/mol. The Balaban J connectivity index is 1.90. The Labute approximate surface area is 106 Å². The van der Waals surface area contributed by atoms with Crippen molar-refractivity contribution >= 4 is 0 Å². The summed E-state index contributed by atoms with van der Waals surface area (Å²) in [6.07, 6.45) is 8.57. The predicted molar refractivity (Wildman–Crippen MR) is 70.9 cm³/mol. The summed E-state index contributed by atoms with van der Waals surface area (Å²) in [6, 6.07) is 0. The molecule has 2 saturated carbocycles. The lowest BCUT2D eigenvalue weighted by atomic mass is 9.46. The van der Waals surface area contributed by atoms with E-state index in [4.69, 9.17) is 4.74 Å². The fourth-order valence-electron chi connectivity index (χ4n) is 5.66. The van der Waals surface area contributed by atoms with Crippen LogP contribution in [0.3, 0.4) is 0 Å².